The van der Waals surface area contributed by atoms with Crippen molar-refractivity contribution in [2.24, 2.45) is 0 Å². The van der Waals surface area contributed by atoms with Crippen LogP contribution in [0.3, 0.4) is 0 Å². The van der Waals surface area contributed by atoms with E-state index in [-0.39, 0.29) is 5.69 Å². The highest BCUT2D eigenvalue weighted by atomic mass is 16.4. The third-order valence-electron chi connectivity index (χ3n) is 2.81. The first-order valence-electron chi connectivity index (χ1n) is 5.04. The first kappa shape index (κ1) is 9.24. The molecule has 1 aromatic rings. The molecule has 0 atom stereocenters. The second-order valence-corrected chi connectivity index (χ2v) is 3.71. The molecule has 0 bridgehead atoms. The maximum atomic E-state index is 10.7. The molecular weight excluding hydrogens is 180 g/mol. The lowest BCUT2D eigenvalue weighted by Crippen LogP contribution is -2.20. The number of hydrogen-bond donors (Lipinski definition) is 1. The van der Waals surface area contributed by atoms with Gasteiger partial charge in [0.15, 0.2) is 5.69 Å². The van der Waals surface area contributed by atoms with Crippen molar-refractivity contribution in [2.75, 3.05) is 0 Å². The molecule has 0 saturated heterocycles. The zero-order chi connectivity index (χ0) is 10.1. The number of rotatable bonds is 3. The SMILES string of the molecule is CCc1cc(C(=O)O)nn1C1CCC1. The second-order valence-electron chi connectivity index (χ2n) is 3.71. The molecule has 2 rings (SSSR count). The average Bonchev–Trinajstić information content (AvgIpc) is 2.45. The Morgan fingerprint density at radius 1 is 1.71 bits per heavy atom. The van der Waals surface area contributed by atoms with Crippen molar-refractivity contribution in [1.29, 1.82) is 0 Å². The maximum absolute atomic E-state index is 10.7. The van der Waals surface area contributed by atoms with Crippen LogP contribution >= 0.6 is 0 Å². The zero-order valence-corrected chi connectivity index (χ0v) is 8.23. The van der Waals surface area contributed by atoms with E-state index in [1.54, 1.807) is 6.07 Å². The van der Waals surface area contributed by atoms with Gasteiger partial charge in [-0.25, -0.2) is 4.79 Å². The average molecular weight is 194 g/mol. The lowest BCUT2D eigenvalue weighted by atomic mass is 9.93. The van der Waals surface area contributed by atoms with Crippen molar-refractivity contribution >= 4 is 5.97 Å². The largest absolute Gasteiger partial charge is 0.476 e. The second kappa shape index (κ2) is 3.44. The van der Waals surface area contributed by atoms with Crippen LogP contribution < -0.4 is 0 Å². The van der Waals surface area contributed by atoms with Crippen LogP contribution in [0.4, 0.5) is 0 Å². The zero-order valence-electron chi connectivity index (χ0n) is 8.23. The third-order valence-corrected chi connectivity index (χ3v) is 2.81. The van der Waals surface area contributed by atoms with Gasteiger partial charge in [0, 0.05) is 5.69 Å². The fourth-order valence-electron chi connectivity index (χ4n) is 1.75. The van der Waals surface area contributed by atoms with Gasteiger partial charge in [0.25, 0.3) is 0 Å². The van der Waals surface area contributed by atoms with Crippen molar-refractivity contribution in [3.63, 3.8) is 0 Å². The minimum absolute atomic E-state index is 0.175. The fraction of sp³-hybridized carbons (Fsp3) is 0.600. The molecule has 76 valence electrons. The molecule has 0 unspecified atom stereocenters. The Labute approximate surface area is 82.5 Å². The van der Waals surface area contributed by atoms with E-state index in [2.05, 4.69) is 5.10 Å². The lowest BCUT2D eigenvalue weighted by molar-refractivity contribution is 0.0688. The molecule has 0 aromatic carbocycles. The highest BCUT2D eigenvalue weighted by Gasteiger charge is 2.23. The van der Waals surface area contributed by atoms with Gasteiger partial charge in [-0.05, 0) is 31.7 Å². The number of aromatic carboxylic acids is 1. The van der Waals surface area contributed by atoms with Crippen LogP contribution in [0, 0.1) is 0 Å². The lowest BCUT2D eigenvalue weighted by Gasteiger charge is -2.27. The summed E-state index contributed by atoms with van der Waals surface area (Å²) in [5.74, 6) is -0.933. The molecule has 1 fully saturated rings. The van der Waals surface area contributed by atoms with E-state index in [4.69, 9.17) is 5.11 Å². The van der Waals surface area contributed by atoms with Gasteiger partial charge < -0.3 is 5.11 Å². The third kappa shape index (κ3) is 1.41. The van der Waals surface area contributed by atoms with E-state index in [1.165, 1.54) is 6.42 Å². The van der Waals surface area contributed by atoms with Crippen LogP contribution in [0.15, 0.2) is 6.07 Å². The molecule has 0 aliphatic heterocycles. The highest BCUT2D eigenvalue weighted by Crippen LogP contribution is 2.32. The molecule has 1 saturated carbocycles. The molecule has 1 aromatic heterocycles. The van der Waals surface area contributed by atoms with Crippen molar-refractivity contribution in [3.05, 3.63) is 17.5 Å². The number of hydrogen-bond acceptors (Lipinski definition) is 2. The maximum Gasteiger partial charge on any atom is 0.356 e. The molecule has 1 aliphatic rings. The Morgan fingerprint density at radius 2 is 2.43 bits per heavy atom. The number of aryl methyl sites for hydroxylation is 1. The summed E-state index contributed by atoms with van der Waals surface area (Å²) in [6.07, 6.45) is 4.34. The van der Waals surface area contributed by atoms with Crippen LogP contribution in [0.5, 0.6) is 0 Å². The Bertz CT molecular complexity index is 353. The number of carboxylic acids is 1. The van der Waals surface area contributed by atoms with E-state index < -0.39 is 5.97 Å². The Morgan fingerprint density at radius 3 is 2.86 bits per heavy atom. The first-order valence-corrected chi connectivity index (χ1v) is 5.04. The molecule has 4 nitrogen and oxygen atoms in total. The van der Waals surface area contributed by atoms with Crippen LogP contribution in [0.1, 0.15) is 48.4 Å². The van der Waals surface area contributed by atoms with Crippen LogP contribution in [0.25, 0.3) is 0 Å². The van der Waals surface area contributed by atoms with Gasteiger partial charge in [0.05, 0.1) is 6.04 Å². The summed E-state index contributed by atoms with van der Waals surface area (Å²) in [5.41, 5.74) is 1.21. The number of carboxylic acid groups (broad SMARTS) is 1. The van der Waals surface area contributed by atoms with Crippen molar-refractivity contribution in [1.82, 2.24) is 9.78 Å². The summed E-state index contributed by atoms with van der Waals surface area (Å²) in [7, 11) is 0. The fourth-order valence-corrected chi connectivity index (χ4v) is 1.75. The minimum Gasteiger partial charge on any atom is -0.476 e. The molecule has 4 heteroatoms. The van der Waals surface area contributed by atoms with Gasteiger partial charge in [-0.2, -0.15) is 5.10 Å². The summed E-state index contributed by atoms with van der Waals surface area (Å²) in [6.45, 7) is 2.03. The predicted octanol–water partition coefficient (Wildman–Crippen LogP) is 1.87. The quantitative estimate of drug-likeness (QED) is 0.799. The van der Waals surface area contributed by atoms with Gasteiger partial charge in [0.1, 0.15) is 0 Å². The monoisotopic (exact) mass is 194 g/mol. The van der Waals surface area contributed by atoms with Crippen LogP contribution in [0.2, 0.25) is 0 Å². The summed E-state index contributed by atoms with van der Waals surface area (Å²) in [5, 5.41) is 12.9. The number of nitrogens with zero attached hydrogens (tertiary/aromatic N) is 2. The van der Waals surface area contributed by atoms with Gasteiger partial charge in [-0.15, -0.1) is 0 Å². The summed E-state index contributed by atoms with van der Waals surface area (Å²) in [6, 6.07) is 2.12. The van der Waals surface area contributed by atoms with E-state index in [1.807, 2.05) is 11.6 Å². The Hall–Kier alpha value is -1.32. The normalized spacial score (nSPS) is 16.6. The molecule has 1 heterocycles. The standard InChI is InChI=1S/C10H14N2O2/c1-2-7-6-9(10(13)14)11-12(7)8-4-3-5-8/h6,8H,2-5H2,1H3,(H,13,14). The van der Waals surface area contributed by atoms with E-state index in [0.717, 1.165) is 25.0 Å². The molecule has 1 N–H and O–H groups in total. The van der Waals surface area contributed by atoms with E-state index in [9.17, 15) is 4.79 Å². The molecule has 0 radical (unpaired) electrons. The summed E-state index contributed by atoms with van der Waals surface area (Å²) in [4.78, 5) is 10.7. The van der Waals surface area contributed by atoms with Crippen LogP contribution in [-0.2, 0) is 6.42 Å². The van der Waals surface area contributed by atoms with Crippen molar-refractivity contribution in [3.8, 4) is 0 Å². The Kier molecular flexibility index (Phi) is 2.27. The van der Waals surface area contributed by atoms with Gasteiger partial charge >= 0.3 is 5.97 Å². The van der Waals surface area contributed by atoms with E-state index >= 15 is 0 Å². The molecule has 0 amide bonds. The minimum atomic E-state index is -0.933. The topological polar surface area (TPSA) is 55.1 Å². The van der Waals surface area contributed by atoms with Gasteiger partial charge in [-0.3, -0.25) is 4.68 Å². The predicted molar refractivity (Wildman–Crippen MR) is 51.5 cm³/mol. The highest BCUT2D eigenvalue weighted by molar-refractivity contribution is 5.85. The summed E-state index contributed by atoms with van der Waals surface area (Å²) < 4.78 is 1.90. The number of carbonyl (C=O) groups is 1. The number of aromatic nitrogens is 2. The van der Waals surface area contributed by atoms with Crippen LogP contribution in [-0.4, -0.2) is 20.9 Å². The van der Waals surface area contributed by atoms with Crippen molar-refractivity contribution in [2.45, 2.75) is 38.6 Å². The Balaban J connectivity index is 2.31. The molecule has 1 aliphatic carbocycles. The molecular formula is C10H14N2O2. The van der Waals surface area contributed by atoms with E-state index in [0.29, 0.717) is 6.04 Å². The first-order chi connectivity index (χ1) is 6.72. The van der Waals surface area contributed by atoms with Crippen molar-refractivity contribution < 1.29 is 9.90 Å². The molecule has 0 spiro atoms. The van der Waals surface area contributed by atoms with Gasteiger partial charge in [0.2, 0.25) is 0 Å². The van der Waals surface area contributed by atoms with Gasteiger partial charge in [-0.1, -0.05) is 6.92 Å². The smallest absolute Gasteiger partial charge is 0.356 e. The molecule has 14 heavy (non-hydrogen) atoms. The summed E-state index contributed by atoms with van der Waals surface area (Å²) >= 11 is 0.